The summed E-state index contributed by atoms with van der Waals surface area (Å²) >= 11 is 0. The van der Waals surface area contributed by atoms with Gasteiger partial charge >= 0.3 is 0 Å². The van der Waals surface area contributed by atoms with Crippen molar-refractivity contribution < 1.29 is 9.53 Å². The predicted octanol–water partition coefficient (Wildman–Crippen LogP) is 3.25. The van der Waals surface area contributed by atoms with Gasteiger partial charge < -0.3 is 14.5 Å². The number of para-hydroxylation sites is 1. The van der Waals surface area contributed by atoms with E-state index in [1.807, 2.05) is 7.11 Å². The Morgan fingerprint density at radius 1 is 1.28 bits per heavy atom. The number of carbonyl (C=O) groups excluding carboxylic acids is 1. The highest BCUT2D eigenvalue weighted by atomic mass is 16.5. The maximum atomic E-state index is 12.9. The second-order valence-electron chi connectivity index (χ2n) is 8.26. The monoisotopic (exact) mass is 342 g/mol. The van der Waals surface area contributed by atoms with E-state index in [9.17, 15) is 4.79 Å². The average molecular weight is 342 g/mol. The lowest BCUT2D eigenvalue weighted by molar-refractivity contribution is -0.134. The molecule has 2 heterocycles. The van der Waals surface area contributed by atoms with Crippen LogP contribution >= 0.6 is 0 Å². The predicted molar refractivity (Wildman–Crippen MR) is 99.8 cm³/mol. The Labute approximate surface area is 151 Å². The summed E-state index contributed by atoms with van der Waals surface area (Å²) in [7, 11) is 1.82. The first kappa shape index (κ1) is 16.9. The maximum absolute atomic E-state index is 12.9. The SMILES string of the molecule is CO[C@@H]1CC[C@H]2N(C(=O)CCN3CCc4ccccc43)CC[C@@]2(C)C1. The molecule has 0 radical (unpaired) electrons. The Balaban J connectivity index is 1.37. The molecule has 3 atom stereocenters. The first-order valence-electron chi connectivity index (χ1n) is 9.76. The van der Waals surface area contributed by atoms with Gasteiger partial charge in [0.2, 0.25) is 5.91 Å². The maximum Gasteiger partial charge on any atom is 0.224 e. The normalized spacial score (nSPS) is 31.1. The molecule has 0 spiro atoms. The highest BCUT2D eigenvalue weighted by Gasteiger charge is 2.49. The van der Waals surface area contributed by atoms with E-state index in [4.69, 9.17) is 4.74 Å². The number of methoxy groups -OCH3 is 1. The lowest BCUT2D eigenvalue weighted by atomic mass is 9.71. The van der Waals surface area contributed by atoms with Gasteiger partial charge in [0.1, 0.15) is 0 Å². The van der Waals surface area contributed by atoms with Crippen molar-refractivity contribution in [2.45, 2.75) is 57.6 Å². The standard InChI is InChI=1S/C21H30N2O2/c1-21-11-14-23(19(21)8-7-17(15-21)25-2)20(24)10-13-22-12-9-16-5-3-4-6-18(16)22/h3-6,17,19H,7-15H2,1-2H3/t17-,19-,21+/m1/s1. The van der Waals surface area contributed by atoms with E-state index in [0.29, 0.717) is 24.5 Å². The molecule has 1 aromatic carbocycles. The van der Waals surface area contributed by atoms with Crippen molar-refractivity contribution in [2.75, 3.05) is 31.6 Å². The number of likely N-dealkylation sites (tertiary alicyclic amines) is 1. The molecule has 0 N–H and O–H groups in total. The molecule has 1 aliphatic carbocycles. The van der Waals surface area contributed by atoms with Crippen molar-refractivity contribution in [3.05, 3.63) is 29.8 Å². The molecule has 1 saturated carbocycles. The van der Waals surface area contributed by atoms with Crippen LogP contribution in [0.3, 0.4) is 0 Å². The summed E-state index contributed by atoms with van der Waals surface area (Å²) in [6, 6.07) is 9.01. The molecule has 136 valence electrons. The molecule has 3 aliphatic rings. The largest absolute Gasteiger partial charge is 0.381 e. The molecule has 4 heteroatoms. The van der Waals surface area contributed by atoms with Gasteiger partial charge in [-0.05, 0) is 49.1 Å². The molecule has 1 amide bonds. The summed E-state index contributed by atoms with van der Waals surface area (Å²) in [6.07, 6.45) is 6.50. The van der Waals surface area contributed by atoms with Gasteiger partial charge in [0, 0.05) is 44.9 Å². The van der Waals surface area contributed by atoms with E-state index in [-0.39, 0.29) is 5.41 Å². The quantitative estimate of drug-likeness (QED) is 0.842. The highest BCUT2D eigenvalue weighted by molar-refractivity contribution is 5.78. The lowest BCUT2D eigenvalue weighted by Gasteiger charge is -2.42. The number of hydrogen-bond donors (Lipinski definition) is 0. The molecule has 25 heavy (non-hydrogen) atoms. The summed E-state index contributed by atoms with van der Waals surface area (Å²) in [5.74, 6) is 0.342. The third-order valence-electron chi connectivity index (χ3n) is 6.79. The van der Waals surface area contributed by atoms with Crippen molar-refractivity contribution in [1.82, 2.24) is 4.90 Å². The van der Waals surface area contributed by atoms with Gasteiger partial charge in [-0.3, -0.25) is 4.79 Å². The third kappa shape index (κ3) is 3.05. The van der Waals surface area contributed by atoms with Crippen LogP contribution in [0.1, 0.15) is 44.6 Å². The molecule has 0 unspecified atom stereocenters. The minimum absolute atomic E-state index is 0.245. The number of hydrogen-bond acceptors (Lipinski definition) is 3. The molecule has 2 aliphatic heterocycles. The van der Waals surface area contributed by atoms with Gasteiger partial charge in [-0.2, -0.15) is 0 Å². The van der Waals surface area contributed by atoms with Crippen LogP contribution in [0.5, 0.6) is 0 Å². The molecule has 1 aromatic rings. The second kappa shape index (κ2) is 6.64. The molecule has 4 nitrogen and oxygen atoms in total. The summed E-state index contributed by atoms with van der Waals surface area (Å²) in [5.41, 5.74) is 2.98. The van der Waals surface area contributed by atoms with E-state index < -0.39 is 0 Å². The van der Waals surface area contributed by atoms with Crippen LogP contribution < -0.4 is 4.90 Å². The Morgan fingerprint density at radius 3 is 2.96 bits per heavy atom. The zero-order chi connectivity index (χ0) is 17.4. The van der Waals surface area contributed by atoms with Crippen LogP contribution in [0.25, 0.3) is 0 Å². The molecule has 2 fully saturated rings. The van der Waals surface area contributed by atoms with Crippen molar-refractivity contribution >= 4 is 11.6 Å². The first-order valence-corrected chi connectivity index (χ1v) is 9.76. The van der Waals surface area contributed by atoms with Crippen LogP contribution in [0.15, 0.2) is 24.3 Å². The highest BCUT2D eigenvalue weighted by Crippen LogP contribution is 2.47. The smallest absolute Gasteiger partial charge is 0.224 e. The number of carbonyl (C=O) groups is 1. The fraction of sp³-hybridized carbons (Fsp3) is 0.667. The Morgan fingerprint density at radius 2 is 2.12 bits per heavy atom. The summed E-state index contributed by atoms with van der Waals surface area (Å²) in [5, 5.41) is 0. The van der Waals surface area contributed by atoms with E-state index in [0.717, 1.165) is 51.7 Å². The fourth-order valence-corrected chi connectivity index (χ4v) is 5.30. The number of benzene rings is 1. The minimum Gasteiger partial charge on any atom is -0.381 e. The van der Waals surface area contributed by atoms with Crippen molar-refractivity contribution in [1.29, 1.82) is 0 Å². The van der Waals surface area contributed by atoms with Crippen LogP contribution in [0.4, 0.5) is 5.69 Å². The number of rotatable bonds is 4. The van der Waals surface area contributed by atoms with Gasteiger partial charge in [0.05, 0.1) is 6.10 Å². The molecular formula is C21H30N2O2. The Bertz CT molecular complexity index is 647. The van der Waals surface area contributed by atoms with Gasteiger partial charge in [-0.1, -0.05) is 25.1 Å². The lowest BCUT2D eigenvalue weighted by Crippen LogP contribution is -2.47. The zero-order valence-corrected chi connectivity index (χ0v) is 15.5. The second-order valence-corrected chi connectivity index (χ2v) is 8.26. The molecule has 4 rings (SSSR count). The van der Waals surface area contributed by atoms with Gasteiger partial charge in [0.15, 0.2) is 0 Å². The molecular weight excluding hydrogens is 312 g/mol. The fourth-order valence-electron chi connectivity index (χ4n) is 5.30. The summed E-state index contributed by atoms with van der Waals surface area (Å²) < 4.78 is 5.60. The van der Waals surface area contributed by atoms with Crippen molar-refractivity contribution in [2.24, 2.45) is 5.41 Å². The van der Waals surface area contributed by atoms with Gasteiger partial charge in [-0.25, -0.2) is 0 Å². The van der Waals surface area contributed by atoms with E-state index in [1.165, 1.54) is 11.3 Å². The summed E-state index contributed by atoms with van der Waals surface area (Å²) in [6.45, 7) is 5.17. The van der Waals surface area contributed by atoms with Crippen LogP contribution in [0, 0.1) is 5.41 Å². The number of ether oxygens (including phenoxy) is 1. The molecule has 0 aromatic heterocycles. The number of nitrogens with zero attached hydrogens (tertiary/aromatic N) is 2. The van der Waals surface area contributed by atoms with E-state index in [1.54, 1.807) is 0 Å². The number of anilines is 1. The third-order valence-corrected chi connectivity index (χ3v) is 6.79. The minimum atomic E-state index is 0.245. The summed E-state index contributed by atoms with van der Waals surface area (Å²) in [4.78, 5) is 17.5. The van der Waals surface area contributed by atoms with Crippen LogP contribution in [0.2, 0.25) is 0 Å². The zero-order valence-electron chi connectivity index (χ0n) is 15.5. The van der Waals surface area contributed by atoms with E-state index >= 15 is 0 Å². The van der Waals surface area contributed by atoms with Gasteiger partial charge in [0.25, 0.3) is 0 Å². The topological polar surface area (TPSA) is 32.8 Å². The van der Waals surface area contributed by atoms with Crippen LogP contribution in [-0.2, 0) is 16.0 Å². The van der Waals surface area contributed by atoms with Crippen LogP contribution in [-0.4, -0.2) is 49.7 Å². The number of fused-ring (bicyclic) bond motifs is 2. The average Bonchev–Trinajstić information content (AvgIpc) is 3.19. The van der Waals surface area contributed by atoms with Gasteiger partial charge in [-0.15, -0.1) is 0 Å². The number of amides is 1. The van der Waals surface area contributed by atoms with Crippen molar-refractivity contribution in [3.8, 4) is 0 Å². The molecule has 1 saturated heterocycles. The Hall–Kier alpha value is -1.55. The van der Waals surface area contributed by atoms with E-state index in [2.05, 4.69) is 41.0 Å². The Kier molecular flexibility index (Phi) is 4.48. The van der Waals surface area contributed by atoms with Crippen molar-refractivity contribution in [3.63, 3.8) is 0 Å². The molecule has 0 bridgehead atoms. The first-order chi connectivity index (χ1) is 12.1.